The summed E-state index contributed by atoms with van der Waals surface area (Å²) in [6, 6.07) is 16.5. The van der Waals surface area contributed by atoms with Crippen LogP contribution in [0.2, 0.25) is 0 Å². The Hall–Kier alpha value is -0.880. The number of hydrogen-bond donors (Lipinski definition) is 0. The Kier molecular flexibility index (Phi) is 5.59. The molecular formula is C18H19Cl2NO2S2. The van der Waals surface area contributed by atoms with Crippen LogP contribution in [0.4, 0.5) is 0 Å². The summed E-state index contributed by atoms with van der Waals surface area (Å²) in [5.41, 5.74) is 2.07. The third kappa shape index (κ3) is 5.07. The van der Waals surface area contributed by atoms with Crippen molar-refractivity contribution in [1.82, 2.24) is 0 Å². The van der Waals surface area contributed by atoms with E-state index in [0.717, 1.165) is 11.1 Å². The molecule has 1 aliphatic carbocycles. The van der Waals surface area contributed by atoms with E-state index in [2.05, 4.69) is 3.77 Å². The summed E-state index contributed by atoms with van der Waals surface area (Å²) < 4.78 is 28.9. The molecule has 2 aromatic rings. The molecule has 0 aromatic heterocycles. The van der Waals surface area contributed by atoms with Gasteiger partial charge in [-0.3, -0.25) is 0 Å². The van der Waals surface area contributed by atoms with E-state index in [1.807, 2.05) is 37.3 Å². The van der Waals surface area contributed by atoms with Crippen molar-refractivity contribution in [3.63, 3.8) is 0 Å². The average Bonchev–Trinajstić information content (AvgIpc) is 3.14. The number of alkyl halides is 2. The van der Waals surface area contributed by atoms with Gasteiger partial charge in [-0.2, -0.15) is 8.42 Å². The van der Waals surface area contributed by atoms with Crippen LogP contribution in [-0.2, 0) is 26.5 Å². The number of hydrogen-bond acceptors (Lipinski definition) is 2. The molecular weight excluding hydrogens is 397 g/mol. The van der Waals surface area contributed by atoms with Gasteiger partial charge in [-0.25, -0.2) is 0 Å². The summed E-state index contributed by atoms with van der Waals surface area (Å²) in [6.45, 7) is 1.92. The van der Waals surface area contributed by atoms with Crippen LogP contribution >= 0.6 is 23.2 Å². The topological polar surface area (TPSA) is 46.5 Å². The second-order valence-corrected chi connectivity index (χ2v) is 11.4. The summed E-state index contributed by atoms with van der Waals surface area (Å²) in [5, 5.41) is 0. The molecule has 2 aromatic carbocycles. The molecule has 0 radical (unpaired) electrons. The predicted octanol–water partition coefficient (Wildman–Crippen LogP) is 4.88. The molecule has 0 heterocycles. The Morgan fingerprint density at radius 1 is 1.12 bits per heavy atom. The molecule has 2 unspecified atom stereocenters. The average molecular weight is 416 g/mol. The van der Waals surface area contributed by atoms with Crippen LogP contribution in [0.1, 0.15) is 17.5 Å². The SMILES string of the molecule is Cc1ccc(S(=O)(=O)N=S(Cc2ccccc2)CC2CC2(Cl)Cl)cc1. The van der Waals surface area contributed by atoms with Gasteiger partial charge >= 0.3 is 0 Å². The highest BCUT2D eigenvalue weighted by molar-refractivity contribution is 7.99. The zero-order valence-electron chi connectivity index (χ0n) is 13.7. The Morgan fingerprint density at radius 3 is 2.28 bits per heavy atom. The normalized spacial score (nSPS) is 20.4. The number of rotatable bonds is 6. The fourth-order valence-corrected chi connectivity index (χ4v) is 7.12. The van der Waals surface area contributed by atoms with E-state index in [0.29, 0.717) is 17.9 Å². The number of halogens is 2. The highest BCUT2D eigenvalue weighted by Gasteiger charge is 2.51. The lowest BCUT2D eigenvalue weighted by molar-refractivity contribution is 0.598. The summed E-state index contributed by atoms with van der Waals surface area (Å²) in [6.07, 6.45) is 0.689. The van der Waals surface area contributed by atoms with Crippen LogP contribution in [0.15, 0.2) is 63.3 Å². The van der Waals surface area contributed by atoms with Gasteiger partial charge in [-0.05, 0) is 31.0 Å². The van der Waals surface area contributed by atoms with Crippen LogP contribution in [0.5, 0.6) is 0 Å². The smallest absolute Gasteiger partial charge is 0.199 e. The van der Waals surface area contributed by atoms with Crippen molar-refractivity contribution in [1.29, 1.82) is 0 Å². The molecule has 0 saturated heterocycles. The third-order valence-corrected chi connectivity index (χ3v) is 8.92. The summed E-state index contributed by atoms with van der Waals surface area (Å²) in [4.78, 5) is 0.225. The van der Waals surface area contributed by atoms with Gasteiger partial charge in [0.25, 0.3) is 10.0 Å². The maximum absolute atomic E-state index is 12.7. The molecule has 0 aliphatic heterocycles. The second-order valence-electron chi connectivity index (χ2n) is 6.28. The van der Waals surface area contributed by atoms with Crippen molar-refractivity contribution in [3.8, 4) is 0 Å². The van der Waals surface area contributed by atoms with E-state index in [9.17, 15) is 8.42 Å². The van der Waals surface area contributed by atoms with Gasteiger partial charge in [0.1, 0.15) is 4.33 Å². The Balaban J connectivity index is 1.89. The molecule has 0 N–H and O–H groups in total. The molecule has 7 heteroatoms. The first-order valence-electron chi connectivity index (χ1n) is 7.90. The first kappa shape index (κ1) is 18.9. The third-order valence-electron chi connectivity index (χ3n) is 4.05. The molecule has 134 valence electrons. The first-order chi connectivity index (χ1) is 11.8. The monoisotopic (exact) mass is 415 g/mol. The van der Waals surface area contributed by atoms with Crippen LogP contribution < -0.4 is 0 Å². The molecule has 0 amide bonds. The van der Waals surface area contributed by atoms with Crippen LogP contribution in [0, 0.1) is 12.8 Å². The van der Waals surface area contributed by atoms with Gasteiger partial charge in [0.05, 0.1) is 4.90 Å². The quantitative estimate of drug-likeness (QED) is 0.630. The maximum atomic E-state index is 12.7. The molecule has 3 rings (SSSR count). The minimum absolute atomic E-state index is 0.0971. The van der Waals surface area contributed by atoms with Crippen molar-refractivity contribution in [3.05, 3.63) is 65.7 Å². The van der Waals surface area contributed by atoms with Crippen molar-refractivity contribution in [2.24, 2.45) is 9.69 Å². The predicted molar refractivity (Wildman–Crippen MR) is 106 cm³/mol. The molecule has 0 spiro atoms. The van der Waals surface area contributed by atoms with Crippen molar-refractivity contribution in [2.45, 2.75) is 28.3 Å². The van der Waals surface area contributed by atoms with Crippen LogP contribution in [0.3, 0.4) is 0 Å². The zero-order valence-corrected chi connectivity index (χ0v) is 16.9. The fourth-order valence-electron chi connectivity index (χ4n) is 2.46. The van der Waals surface area contributed by atoms with Crippen molar-refractivity contribution >= 4 is 43.9 Å². The summed E-state index contributed by atoms with van der Waals surface area (Å²) in [5.74, 6) is 1.26. The highest BCUT2D eigenvalue weighted by atomic mass is 35.5. The lowest BCUT2D eigenvalue weighted by atomic mass is 10.2. The van der Waals surface area contributed by atoms with E-state index in [1.54, 1.807) is 24.3 Å². The van der Waals surface area contributed by atoms with Crippen molar-refractivity contribution in [2.75, 3.05) is 5.75 Å². The zero-order chi connectivity index (χ0) is 18.1. The van der Waals surface area contributed by atoms with Gasteiger partial charge in [0.2, 0.25) is 0 Å². The number of benzene rings is 2. The van der Waals surface area contributed by atoms with E-state index < -0.39 is 25.0 Å². The number of nitrogens with zero attached hydrogens (tertiary/aromatic N) is 1. The van der Waals surface area contributed by atoms with Gasteiger partial charge < -0.3 is 0 Å². The minimum atomic E-state index is -3.70. The highest BCUT2D eigenvalue weighted by Crippen LogP contribution is 2.53. The lowest BCUT2D eigenvalue weighted by Gasteiger charge is -2.09. The van der Waals surface area contributed by atoms with Crippen molar-refractivity contribution < 1.29 is 8.42 Å². The van der Waals surface area contributed by atoms with E-state index in [-0.39, 0.29) is 10.8 Å². The van der Waals surface area contributed by atoms with E-state index in [1.165, 1.54) is 0 Å². The van der Waals surface area contributed by atoms with Crippen LogP contribution in [0.25, 0.3) is 0 Å². The lowest BCUT2D eigenvalue weighted by Crippen LogP contribution is -2.09. The van der Waals surface area contributed by atoms with Gasteiger partial charge in [-0.1, -0.05) is 58.7 Å². The summed E-state index contributed by atoms with van der Waals surface area (Å²) in [7, 11) is -4.40. The first-order valence-corrected chi connectivity index (χ1v) is 11.6. The molecule has 1 aliphatic rings. The molecule has 1 fully saturated rings. The second kappa shape index (κ2) is 7.39. The fraction of sp³-hybridized carbons (Fsp3) is 0.333. The largest absolute Gasteiger partial charge is 0.287 e. The van der Waals surface area contributed by atoms with Gasteiger partial charge in [0.15, 0.2) is 0 Å². The van der Waals surface area contributed by atoms with E-state index >= 15 is 0 Å². The maximum Gasteiger partial charge on any atom is 0.287 e. The minimum Gasteiger partial charge on any atom is -0.199 e. The van der Waals surface area contributed by atoms with Gasteiger partial charge in [0, 0.05) is 17.4 Å². The Labute approximate surface area is 161 Å². The van der Waals surface area contributed by atoms with Gasteiger partial charge in [-0.15, -0.1) is 27.0 Å². The molecule has 1 saturated carbocycles. The molecule has 25 heavy (non-hydrogen) atoms. The summed E-state index contributed by atoms with van der Waals surface area (Å²) >= 11 is 12.3. The Morgan fingerprint density at radius 2 is 1.72 bits per heavy atom. The number of sulfonamides is 1. The Bertz CT molecular complexity index is 879. The molecule has 3 nitrogen and oxygen atoms in total. The molecule has 2 atom stereocenters. The molecule has 0 bridgehead atoms. The van der Waals surface area contributed by atoms with Crippen LogP contribution in [-0.4, -0.2) is 18.5 Å². The number of aryl methyl sites for hydroxylation is 1. The van der Waals surface area contributed by atoms with E-state index in [4.69, 9.17) is 23.2 Å². The standard InChI is InChI=1S/C18H19Cl2NO2S2/c1-14-7-9-17(10-8-14)25(22,23)21-24(13-16-11-18(16,19)20)12-15-5-3-2-4-6-15/h2-10,16H,11-13H2,1H3.